The van der Waals surface area contributed by atoms with E-state index in [0.29, 0.717) is 58.0 Å². The summed E-state index contributed by atoms with van der Waals surface area (Å²) >= 11 is 14.0. The van der Waals surface area contributed by atoms with Crippen molar-refractivity contribution in [1.29, 1.82) is 0 Å². The predicted molar refractivity (Wildman–Crippen MR) is 617 cm³/mol. The second-order valence-corrected chi connectivity index (χ2v) is 65.7. The van der Waals surface area contributed by atoms with Crippen LogP contribution in [0.4, 0.5) is 0 Å². The normalized spacial score (nSPS) is 17.9. The molecule has 14 heteroatoms. The van der Waals surface area contributed by atoms with E-state index in [9.17, 15) is 0 Å². The average molecular weight is 2230 g/mol. The summed E-state index contributed by atoms with van der Waals surface area (Å²) in [4.78, 5) is 18.1. The molecule has 0 atom stereocenters. The van der Waals surface area contributed by atoms with Crippen LogP contribution in [0.2, 0.25) is 0 Å². The van der Waals surface area contributed by atoms with Gasteiger partial charge in [0.1, 0.15) is 23.0 Å². The molecule has 0 saturated carbocycles. The Bertz CT molecular complexity index is 5840. The fourth-order valence-corrected chi connectivity index (χ4v) is 44.9. The van der Waals surface area contributed by atoms with Crippen molar-refractivity contribution in [3.05, 3.63) is 226 Å². The summed E-state index contributed by atoms with van der Waals surface area (Å²) in [6.07, 6.45) is 2.49. The molecule has 0 aliphatic heterocycles. The van der Waals surface area contributed by atoms with Gasteiger partial charge in [0.2, 0.25) is 0 Å². The van der Waals surface area contributed by atoms with E-state index in [-0.39, 0.29) is 79.8 Å². The van der Waals surface area contributed by atoms with Crippen LogP contribution >= 0.6 is 68.0 Å². The Morgan fingerprint density at radius 3 is 0.667 bits per heavy atom. The molecule has 0 radical (unpaired) electrons. The van der Waals surface area contributed by atoms with Gasteiger partial charge in [-0.3, -0.25) is 0 Å². The van der Waals surface area contributed by atoms with Crippen molar-refractivity contribution in [1.82, 2.24) is 0 Å². The molecule has 0 fully saturated rings. The van der Waals surface area contributed by atoms with Crippen LogP contribution in [0.3, 0.4) is 0 Å². The van der Waals surface area contributed by atoms with Crippen molar-refractivity contribution < 1.29 is 17.7 Å². The summed E-state index contributed by atoms with van der Waals surface area (Å²) in [5.41, 5.74) is 44.0. The van der Waals surface area contributed by atoms with Crippen LogP contribution in [0.25, 0.3) is 70.1 Å². The van der Waals surface area contributed by atoms with Crippen molar-refractivity contribution in [2.24, 2.45) is 0 Å². The average Bonchev–Trinajstić information content (AvgIpc) is 1.58. The Labute approximate surface area is 883 Å². The summed E-state index contributed by atoms with van der Waals surface area (Å²) in [6, 6.07) is 0. The van der Waals surface area contributed by atoms with E-state index in [1.807, 2.05) is 81.9 Å². The third-order valence-electron chi connectivity index (χ3n) is 38.6. The van der Waals surface area contributed by atoms with Crippen molar-refractivity contribution >= 4 is 126 Å². The first-order valence-electron chi connectivity index (χ1n) is 49.7. The molecular formula is C124H168O4S6Se4. The van der Waals surface area contributed by atoms with Crippen LogP contribution < -0.4 is 0 Å². The summed E-state index contributed by atoms with van der Waals surface area (Å²) in [5.74, 6) is 8.35. The fraction of sp³-hybridized carbons (Fsp3) is 0.548. The molecule has 14 aromatic heterocycles. The van der Waals surface area contributed by atoms with E-state index >= 15 is 0 Å². The fourth-order valence-electron chi connectivity index (χ4n) is 24.8. The van der Waals surface area contributed by atoms with Gasteiger partial charge in [0, 0.05) is 93.1 Å². The smallest absolute Gasteiger partial charge is 0.0489 e. The maximum Gasteiger partial charge on any atom is 0.0489 e. The number of hydrogen-bond acceptors (Lipinski definition) is 10. The van der Waals surface area contributed by atoms with Crippen molar-refractivity contribution in [2.45, 2.75) is 453 Å². The third kappa shape index (κ3) is 15.6. The second kappa shape index (κ2) is 36.1. The third-order valence-corrected chi connectivity index (χ3v) is 57.4. The first-order chi connectivity index (χ1) is 62.2. The molecule has 748 valence electrons. The zero-order valence-corrected chi connectivity index (χ0v) is 105. The molecule has 0 saturated heterocycles. The molecular weight excluding hydrogens is 2060 g/mol. The van der Waals surface area contributed by atoms with Crippen LogP contribution in [-0.4, -0.2) is 58.0 Å². The van der Waals surface area contributed by atoms with E-state index in [1.54, 1.807) is 122 Å². The van der Waals surface area contributed by atoms with Crippen molar-refractivity contribution in [3.63, 3.8) is 0 Å². The Morgan fingerprint density at radius 1 is 0.174 bits per heavy atom. The zero-order valence-electron chi connectivity index (χ0n) is 93.1. The number of rotatable bonds is 0. The largest absolute Gasteiger partial charge is 0.139 e. The Balaban J connectivity index is 0.000000136. The summed E-state index contributed by atoms with van der Waals surface area (Å²) < 4.78 is 37.7. The van der Waals surface area contributed by atoms with Crippen molar-refractivity contribution in [3.8, 4) is 70.1 Å². The number of furan rings is 4. The molecule has 138 heavy (non-hydrogen) atoms. The van der Waals surface area contributed by atoms with Gasteiger partial charge in [0.25, 0.3) is 0 Å². The van der Waals surface area contributed by atoms with Gasteiger partial charge >= 0.3 is 396 Å². The van der Waals surface area contributed by atoms with Crippen LogP contribution in [0, 0.1) is 194 Å². The van der Waals surface area contributed by atoms with Crippen LogP contribution in [0.15, 0.2) is 17.7 Å². The minimum absolute atomic E-state index is 0. The van der Waals surface area contributed by atoms with E-state index < -0.39 is 0 Å². The SMILES string of the molecule is C.C.Cc1[se]c2c(c1C)C(C)(C)C(C)(C)c1c-2[se]c(C)c1C.Cc1oc2c(c1C)C(C)(C)C(C)(C)c1c-2[se]c(C)c1C.Cc1oc2c(c1C)C(C)(C)C(C)(C)c1c-2oc(C)c1C.Cc1oc2c(c1C)C(C)(C)C(C)(C)c1c-2sc(C)c1C.Cc1sc2c(c1C)C(C)(C)C(C)(C)c1c-2[se]c(C)c1C.Cc1sc2c(c1C)C(C)(C)C(C)(C)c1c-2sc(C)c1C.Cc1sc2c(c1C)CCc1c-2sc(C)c1C. The first-order valence-corrected chi connectivity index (χ1v) is 61.4. The monoisotopic (exact) mass is 2230 g/mol. The van der Waals surface area contributed by atoms with Crippen LogP contribution in [0.5, 0.6) is 0 Å². The number of hydrogen-bond donors (Lipinski definition) is 0. The van der Waals surface area contributed by atoms with Gasteiger partial charge in [-0.05, 0) is 196 Å². The summed E-state index contributed by atoms with van der Waals surface area (Å²) in [5, 5.41) is 0. The molecule has 0 bridgehead atoms. The minimum Gasteiger partial charge on any atom is -0.139 e. The summed E-state index contributed by atoms with van der Waals surface area (Å²) in [7, 11) is 0. The molecule has 21 rings (SSSR count). The standard InChI is InChI=1S/C18H24O2.C18H24OS.C18H24OSe.C18H24S2.C18H24SSe.C18H24Se2.C14H16S2.2CH4/c6*1-9-11(3)19-15-13(9)17(5,6)18(7,8)14-10(2)12(4)20-16(14)15;1-7-9(3)15-13-11(7)5-6-12-8(2)10(4)16-14(12)13;;/h6*1-8H3;5-6H2,1-4H3;2*1H4. The van der Waals surface area contributed by atoms with Crippen LogP contribution in [0.1, 0.15) is 407 Å². The topological polar surface area (TPSA) is 52.6 Å². The van der Waals surface area contributed by atoms with Gasteiger partial charge in [0.15, 0.2) is 11.5 Å². The predicted octanol–water partition coefficient (Wildman–Crippen LogP) is 37.9. The Hall–Kier alpha value is -4.68. The van der Waals surface area contributed by atoms with Gasteiger partial charge in [-0.2, -0.15) is 0 Å². The van der Waals surface area contributed by atoms with Gasteiger partial charge in [-0.1, -0.05) is 97.9 Å². The maximum atomic E-state index is 6.21. The summed E-state index contributed by atoms with van der Waals surface area (Å²) in [6.45, 7) is 121. The van der Waals surface area contributed by atoms with Gasteiger partial charge in [-0.25, -0.2) is 0 Å². The molecule has 0 spiro atoms. The van der Waals surface area contributed by atoms with E-state index in [2.05, 4.69) is 346 Å². The Kier molecular flexibility index (Phi) is 28.9. The molecule has 7 aliphatic carbocycles. The van der Waals surface area contributed by atoms with Gasteiger partial charge in [0.05, 0.1) is 4.88 Å². The van der Waals surface area contributed by atoms with Gasteiger partial charge in [-0.15, -0.1) is 56.7 Å². The molecule has 4 nitrogen and oxygen atoms in total. The van der Waals surface area contributed by atoms with Gasteiger partial charge < -0.3 is 13.3 Å². The molecule has 0 amide bonds. The molecule has 7 aliphatic rings. The second-order valence-electron chi connectivity index (χ2n) is 48.0. The van der Waals surface area contributed by atoms with E-state index in [4.69, 9.17) is 17.7 Å². The molecule has 14 aromatic rings. The maximum absolute atomic E-state index is 6.21. The zero-order chi connectivity index (χ0) is 102. The van der Waals surface area contributed by atoms with E-state index in [0.717, 1.165) is 40.3 Å². The first kappa shape index (κ1) is 111. The van der Waals surface area contributed by atoms with E-state index in [1.165, 1.54) is 146 Å². The molecule has 14 heterocycles. The quantitative estimate of drug-likeness (QED) is 0.142. The molecule has 0 unspecified atom stereocenters. The molecule has 0 aromatic carbocycles. The molecule has 0 N–H and O–H groups in total. The number of thiophene rings is 6. The Morgan fingerprint density at radius 2 is 0.362 bits per heavy atom. The van der Waals surface area contributed by atoms with Crippen molar-refractivity contribution in [2.75, 3.05) is 0 Å². The number of fused-ring (bicyclic) bond motifs is 21. The number of aryl methyl sites for hydroxylation is 14. The minimum atomic E-state index is 0. The van der Waals surface area contributed by atoms with Crippen LogP contribution in [-0.2, 0) is 77.8 Å².